The van der Waals surface area contributed by atoms with Gasteiger partial charge >= 0.3 is 6.18 Å². The Morgan fingerprint density at radius 1 is 1.36 bits per heavy atom. The zero-order valence-corrected chi connectivity index (χ0v) is 6.15. The largest absolute Gasteiger partial charge is 0.416 e. The Kier molecular flexibility index (Phi) is 3.65. The van der Waals surface area contributed by atoms with Crippen molar-refractivity contribution >= 4 is 0 Å². The van der Waals surface area contributed by atoms with Crippen molar-refractivity contribution in [2.75, 3.05) is 0 Å². The van der Waals surface area contributed by atoms with E-state index in [9.17, 15) is 13.2 Å². The van der Waals surface area contributed by atoms with E-state index in [4.69, 9.17) is 0 Å². The molecular formula is C8H9F3. The molecule has 0 saturated carbocycles. The highest BCUT2D eigenvalue weighted by molar-refractivity contribution is 5.26. The Balaban J connectivity index is 4.61. The van der Waals surface area contributed by atoms with Crippen LogP contribution in [0.5, 0.6) is 0 Å². The fourth-order valence-corrected chi connectivity index (χ4v) is 0.551. The number of allylic oxidation sites excluding steroid dienone is 5. The first kappa shape index (κ1) is 10.0. The third-order valence-corrected chi connectivity index (χ3v) is 0.971. The van der Waals surface area contributed by atoms with Crippen LogP contribution in [-0.4, -0.2) is 6.18 Å². The summed E-state index contributed by atoms with van der Waals surface area (Å²) >= 11 is 0. The van der Waals surface area contributed by atoms with Gasteiger partial charge in [0.25, 0.3) is 0 Å². The minimum absolute atomic E-state index is 0.685. The summed E-state index contributed by atoms with van der Waals surface area (Å²) in [7, 11) is 0. The van der Waals surface area contributed by atoms with Crippen LogP contribution in [0.4, 0.5) is 13.2 Å². The van der Waals surface area contributed by atoms with Gasteiger partial charge in [-0.1, -0.05) is 30.9 Å². The third-order valence-electron chi connectivity index (χ3n) is 0.971. The molecule has 0 aliphatic carbocycles. The van der Waals surface area contributed by atoms with E-state index in [1.54, 1.807) is 0 Å². The number of rotatable bonds is 2. The first-order chi connectivity index (χ1) is 5.02. The van der Waals surface area contributed by atoms with Gasteiger partial charge in [0.15, 0.2) is 0 Å². The maximum Gasteiger partial charge on any atom is 0.416 e. The highest BCUT2D eigenvalue weighted by Gasteiger charge is 2.30. The van der Waals surface area contributed by atoms with Crippen molar-refractivity contribution in [2.24, 2.45) is 0 Å². The van der Waals surface area contributed by atoms with E-state index < -0.39 is 11.7 Å². The van der Waals surface area contributed by atoms with Crippen molar-refractivity contribution in [3.05, 3.63) is 36.5 Å². The van der Waals surface area contributed by atoms with Crippen molar-refractivity contribution < 1.29 is 13.2 Å². The van der Waals surface area contributed by atoms with Crippen LogP contribution in [0.2, 0.25) is 0 Å². The Morgan fingerprint density at radius 2 is 1.91 bits per heavy atom. The molecule has 0 aromatic rings. The molecule has 0 spiro atoms. The van der Waals surface area contributed by atoms with Crippen LogP contribution in [0, 0.1) is 0 Å². The van der Waals surface area contributed by atoms with Gasteiger partial charge in [-0.3, -0.25) is 0 Å². The van der Waals surface area contributed by atoms with Gasteiger partial charge in [-0.2, -0.15) is 13.2 Å². The van der Waals surface area contributed by atoms with Crippen molar-refractivity contribution in [1.29, 1.82) is 0 Å². The smallest absolute Gasteiger partial charge is 0.166 e. The monoisotopic (exact) mass is 162 g/mol. The Bertz CT molecular complexity index is 184. The summed E-state index contributed by atoms with van der Waals surface area (Å²) in [5.41, 5.74) is -0.685. The molecule has 0 amide bonds. The molecule has 0 radical (unpaired) electrons. The van der Waals surface area contributed by atoms with E-state index in [1.807, 2.05) is 0 Å². The van der Waals surface area contributed by atoms with E-state index in [2.05, 4.69) is 6.58 Å². The molecule has 0 atom stereocenters. The summed E-state index contributed by atoms with van der Waals surface area (Å²) in [6, 6.07) is 0. The Morgan fingerprint density at radius 3 is 2.18 bits per heavy atom. The highest BCUT2D eigenvalue weighted by atomic mass is 19.4. The average molecular weight is 162 g/mol. The minimum atomic E-state index is -4.28. The number of alkyl halides is 3. The van der Waals surface area contributed by atoms with Crippen LogP contribution in [0.25, 0.3) is 0 Å². The zero-order valence-electron chi connectivity index (χ0n) is 6.15. The van der Waals surface area contributed by atoms with E-state index in [1.165, 1.54) is 13.0 Å². The van der Waals surface area contributed by atoms with Crippen LogP contribution in [0.15, 0.2) is 36.5 Å². The normalized spacial score (nSPS) is 14.0. The van der Waals surface area contributed by atoms with Gasteiger partial charge in [0.1, 0.15) is 0 Å². The van der Waals surface area contributed by atoms with Crippen LogP contribution in [-0.2, 0) is 0 Å². The number of halogens is 3. The summed E-state index contributed by atoms with van der Waals surface area (Å²) in [6.07, 6.45) is 0.105. The van der Waals surface area contributed by atoms with E-state index in [0.29, 0.717) is 0 Å². The molecule has 0 rings (SSSR count). The Labute approximate surface area is 63.7 Å². The van der Waals surface area contributed by atoms with Crippen molar-refractivity contribution in [3.63, 3.8) is 0 Å². The van der Waals surface area contributed by atoms with Crippen LogP contribution in [0.1, 0.15) is 6.92 Å². The van der Waals surface area contributed by atoms with Crippen LogP contribution >= 0.6 is 0 Å². The fraction of sp³-hybridized carbons (Fsp3) is 0.250. The SMILES string of the molecule is C=CC=C(C=CC)C(F)(F)F. The molecule has 0 fully saturated rings. The first-order valence-electron chi connectivity index (χ1n) is 3.05. The summed E-state index contributed by atoms with van der Waals surface area (Å²) in [5, 5.41) is 0. The predicted octanol–water partition coefficient (Wildman–Crippen LogP) is 3.24. The third kappa shape index (κ3) is 3.65. The maximum atomic E-state index is 11.9. The zero-order chi connectivity index (χ0) is 8.91. The molecule has 0 bridgehead atoms. The topological polar surface area (TPSA) is 0 Å². The second-order valence-electron chi connectivity index (χ2n) is 1.86. The second-order valence-corrected chi connectivity index (χ2v) is 1.86. The summed E-state index contributed by atoms with van der Waals surface area (Å²) in [5.74, 6) is 0. The van der Waals surface area contributed by atoms with Gasteiger partial charge in [0.05, 0.1) is 5.57 Å². The minimum Gasteiger partial charge on any atom is -0.166 e. The van der Waals surface area contributed by atoms with Gasteiger partial charge in [-0.25, -0.2) is 0 Å². The maximum absolute atomic E-state index is 11.9. The molecule has 0 aromatic heterocycles. The molecule has 62 valence electrons. The van der Waals surface area contributed by atoms with E-state index in [0.717, 1.165) is 18.2 Å². The lowest BCUT2D eigenvalue weighted by Crippen LogP contribution is -2.09. The number of hydrogen-bond donors (Lipinski definition) is 0. The van der Waals surface area contributed by atoms with E-state index >= 15 is 0 Å². The highest BCUT2D eigenvalue weighted by Crippen LogP contribution is 2.26. The lowest BCUT2D eigenvalue weighted by atomic mass is 10.2. The van der Waals surface area contributed by atoms with Gasteiger partial charge in [-0.05, 0) is 6.92 Å². The predicted molar refractivity (Wildman–Crippen MR) is 39.1 cm³/mol. The lowest BCUT2D eigenvalue weighted by Gasteiger charge is -2.05. The van der Waals surface area contributed by atoms with Gasteiger partial charge in [0, 0.05) is 0 Å². The van der Waals surface area contributed by atoms with Crippen LogP contribution < -0.4 is 0 Å². The molecule has 11 heavy (non-hydrogen) atoms. The average Bonchev–Trinajstić information content (AvgIpc) is 1.85. The molecule has 0 nitrogen and oxygen atoms in total. The fourth-order valence-electron chi connectivity index (χ4n) is 0.551. The van der Waals surface area contributed by atoms with Crippen LogP contribution in [0.3, 0.4) is 0 Å². The van der Waals surface area contributed by atoms with Gasteiger partial charge < -0.3 is 0 Å². The molecule has 3 heteroatoms. The van der Waals surface area contributed by atoms with Crippen molar-refractivity contribution in [2.45, 2.75) is 13.1 Å². The molecule has 0 heterocycles. The van der Waals surface area contributed by atoms with Gasteiger partial charge in [0.2, 0.25) is 0 Å². The molecule has 0 aliphatic rings. The molecule has 0 aromatic carbocycles. The van der Waals surface area contributed by atoms with Crippen molar-refractivity contribution in [3.8, 4) is 0 Å². The Hall–Kier alpha value is -0.990. The van der Waals surface area contributed by atoms with Crippen molar-refractivity contribution in [1.82, 2.24) is 0 Å². The molecule has 0 unspecified atom stereocenters. The second kappa shape index (κ2) is 4.01. The standard InChI is InChI=1S/C8H9F3/c1-3-5-7(6-4-2)8(9,10)11/h3-6H,1H2,2H3. The molecular weight excluding hydrogens is 153 g/mol. The van der Waals surface area contributed by atoms with Gasteiger partial charge in [-0.15, -0.1) is 0 Å². The summed E-state index contributed by atoms with van der Waals surface area (Å²) in [6.45, 7) is 4.72. The molecule has 0 N–H and O–H groups in total. The summed E-state index contributed by atoms with van der Waals surface area (Å²) < 4.78 is 35.8. The molecule has 0 aliphatic heterocycles. The van der Waals surface area contributed by atoms with E-state index in [-0.39, 0.29) is 0 Å². The first-order valence-corrected chi connectivity index (χ1v) is 3.05. The number of hydrogen-bond acceptors (Lipinski definition) is 0. The molecule has 0 saturated heterocycles. The quantitative estimate of drug-likeness (QED) is 0.547. The summed E-state index contributed by atoms with van der Waals surface area (Å²) in [4.78, 5) is 0. The lowest BCUT2D eigenvalue weighted by molar-refractivity contribution is -0.0881.